The molecular formula is C14H21BrN2O. The van der Waals surface area contributed by atoms with E-state index in [9.17, 15) is 0 Å². The summed E-state index contributed by atoms with van der Waals surface area (Å²) in [5.74, 6) is 1.46. The van der Waals surface area contributed by atoms with Crippen LogP contribution in [0.5, 0.6) is 5.75 Å². The van der Waals surface area contributed by atoms with Crippen LogP contribution in [0.25, 0.3) is 0 Å². The van der Waals surface area contributed by atoms with Crippen LogP contribution in [0, 0.1) is 5.92 Å². The van der Waals surface area contributed by atoms with Gasteiger partial charge in [0, 0.05) is 16.1 Å². The zero-order chi connectivity index (χ0) is 13.1. The summed E-state index contributed by atoms with van der Waals surface area (Å²) in [4.78, 5) is 2.39. The van der Waals surface area contributed by atoms with Gasteiger partial charge in [0.1, 0.15) is 5.75 Å². The molecule has 0 aromatic heterocycles. The maximum atomic E-state index is 5.94. The molecule has 100 valence electrons. The number of methoxy groups -OCH3 is 1. The first-order valence-electron chi connectivity index (χ1n) is 6.41. The van der Waals surface area contributed by atoms with Crippen molar-refractivity contribution in [1.82, 2.24) is 4.90 Å². The predicted octanol–water partition coefficient (Wildman–Crippen LogP) is 2.80. The molecule has 2 atom stereocenters. The lowest BCUT2D eigenvalue weighted by molar-refractivity contribution is 0.123. The largest absolute Gasteiger partial charge is 0.496 e. The average Bonchev–Trinajstić information content (AvgIpc) is 2.38. The SMILES string of the molecule is COc1ccc(Br)cc1C1C(CN)CCCN1C. The van der Waals surface area contributed by atoms with Crippen LogP contribution in [-0.4, -0.2) is 32.1 Å². The number of piperidine rings is 1. The Bertz CT molecular complexity index is 411. The van der Waals surface area contributed by atoms with Gasteiger partial charge in [-0.15, -0.1) is 0 Å². The number of benzene rings is 1. The van der Waals surface area contributed by atoms with Crippen molar-refractivity contribution in [2.24, 2.45) is 11.7 Å². The van der Waals surface area contributed by atoms with Crippen molar-refractivity contribution >= 4 is 15.9 Å². The summed E-state index contributed by atoms with van der Waals surface area (Å²) in [5.41, 5.74) is 7.18. The van der Waals surface area contributed by atoms with Gasteiger partial charge < -0.3 is 10.5 Å². The van der Waals surface area contributed by atoms with Crippen LogP contribution in [0.1, 0.15) is 24.4 Å². The molecule has 0 saturated carbocycles. The second-order valence-corrected chi connectivity index (χ2v) is 5.87. The Hall–Kier alpha value is -0.580. The number of nitrogens with zero attached hydrogens (tertiary/aromatic N) is 1. The lowest BCUT2D eigenvalue weighted by Crippen LogP contribution is -2.39. The van der Waals surface area contributed by atoms with Gasteiger partial charge in [0.2, 0.25) is 0 Å². The van der Waals surface area contributed by atoms with Crippen LogP contribution in [0.2, 0.25) is 0 Å². The number of nitrogens with two attached hydrogens (primary N) is 1. The first-order valence-corrected chi connectivity index (χ1v) is 7.20. The lowest BCUT2D eigenvalue weighted by Gasteiger charge is -2.39. The van der Waals surface area contributed by atoms with Gasteiger partial charge in [0.25, 0.3) is 0 Å². The molecule has 1 aromatic rings. The Morgan fingerprint density at radius 2 is 2.28 bits per heavy atom. The quantitative estimate of drug-likeness (QED) is 0.932. The summed E-state index contributed by atoms with van der Waals surface area (Å²) in [6.07, 6.45) is 2.42. The molecule has 1 aliphatic heterocycles. The van der Waals surface area contributed by atoms with Gasteiger partial charge >= 0.3 is 0 Å². The van der Waals surface area contributed by atoms with Crippen molar-refractivity contribution in [3.63, 3.8) is 0 Å². The first-order chi connectivity index (χ1) is 8.67. The number of halogens is 1. The molecule has 2 unspecified atom stereocenters. The smallest absolute Gasteiger partial charge is 0.123 e. The van der Waals surface area contributed by atoms with Gasteiger partial charge in [0.05, 0.1) is 7.11 Å². The Morgan fingerprint density at radius 1 is 1.50 bits per heavy atom. The Balaban J connectivity index is 2.40. The predicted molar refractivity (Wildman–Crippen MR) is 77.8 cm³/mol. The summed E-state index contributed by atoms with van der Waals surface area (Å²) >= 11 is 3.55. The van der Waals surface area contributed by atoms with E-state index in [0.29, 0.717) is 12.0 Å². The van der Waals surface area contributed by atoms with Crippen LogP contribution >= 0.6 is 15.9 Å². The van der Waals surface area contributed by atoms with Gasteiger partial charge in [0.15, 0.2) is 0 Å². The molecule has 4 heteroatoms. The second-order valence-electron chi connectivity index (χ2n) is 4.95. The van der Waals surface area contributed by atoms with Crippen LogP contribution in [0.4, 0.5) is 0 Å². The van der Waals surface area contributed by atoms with Crippen LogP contribution in [0.15, 0.2) is 22.7 Å². The van der Waals surface area contributed by atoms with Crippen LogP contribution in [-0.2, 0) is 0 Å². The molecule has 2 rings (SSSR count). The van der Waals surface area contributed by atoms with Crippen molar-refractivity contribution in [3.8, 4) is 5.75 Å². The van der Waals surface area contributed by atoms with Gasteiger partial charge in [-0.3, -0.25) is 4.90 Å². The Kier molecular flexibility index (Phi) is 4.65. The van der Waals surface area contributed by atoms with Crippen molar-refractivity contribution in [2.45, 2.75) is 18.9 Å². The number of likely N-dealkylation sites (tertiary alicyclic amines) is 1. The molecule has 0 bridgehead atoms. The Morgan fingerprint density at radius 3 is 2.94 bits per heavy atom. The van der Waals surface area contributed by atoms with Crippen molar-refractivity contribution < 1.29 is 4.74 Å². The highest BCUT2D eigenvalue weighted by Crippen LogP contribution is 2.39. The van der Waals surface area contributed by atoms with E-state index in [1.807, 2.05) is 12.1 Å². The third-order valence-corrected chi connectivity index (χ3v) is 4.31. The fourth-order valence-corrected chi connectivity index (χ4v) is 3.31. The minimum absolute atomic E-state index is 0.358. The lowest BCUT2D eigenvalue weighted by atomic mass is 9.84. The fourth-order valence-electron chi connectivity index (χ4n) is 2.93. The number of ether oxygens (including phenoxy) is 1. The summed E-state index contributed by atoms with van der Waals surface area (Å²) in [6, 6.07) is 6.56. The van der Waals surface area contributed by atoms with E-state index in [1.165, 1.54) is 18.4 Å². The van der Waals surface area contributed by atoms with E-state index in [2.05, 4.69) is 33.9 Å². The molecule has 3 nitrogen and oxygen atoms in total. The molecule has 1 aliphatic rings. The fraction of sp³-hybridized carbons (Fsp3) is 0.571. The van der Waals surface area contributed by atoms with Crippen LogP contribution in [0.3, 0.4) is 0 Å². The van der Waals surface area contributed by atoms with Crippen LogP contribution < -0.4 is 10.5 Å². The third-order valence-electron chi connectivity index (χ3n) is 3.82. The van der Waals surface area contributed by atoms with Crippen molar-refractivity contribution in [2.75, 3.05) is 27.2 Å². The van der Waals surface area contributed by atoms with Gasteiger partial charge in [-0.1, -0.05) is 15.9 Å². The standard InChI is InChI=1S/C14H21BrN2O/c1-17-7-3-4-10(9-16)14(17)12-8-11(15)5-6-13(12)18-2/h5-6,8,10,14H,3-4,7,9,16H2,1-2H3. The van der Waals surface area contributed by atoms with E-state index in [4.69, 9.17) is 10.5 Å². The molecule has 0 radical (unpaired) electrons. The number of hydrogen-bond acceptors (Lipinski definition) is 3. The highest BCUT2D eigenvalue weighted by molar-refractivity contribution is 9.10. The molecule has 2 N–H and O–H groups in total. The monoisotopic (exact) mass is 312 g/mol. The van der Waals surface area contributed by atoms with Gasteiger partial charge in [-0.2, -0.15) is 0 Å². The third kappa shape index (κ3) is 2.71. The highest BCUT2D eigenvalue weighted by atomic mass is 79.9. The topological polar surface area (TPSA) is 38.5 Å². The minimum Gasteiger partial charge on any atom is -0.496 e. The normalized spacial score (nSPS) is 25.1. The van der Waals surface area contributed by atoms with Crippen molar-refractivity contribution in [3.05, 3.63) is 28.2 Å². The van der Waals surface area contributed by atoms with E-state index < -0.39 is 0 Å². The first kappa shape index (κ1) is 13.8. The summed E-state index contributed by atoms with van der Waals surface area (Å²) < 4.78 is 6.60. The highest BCUT2D eigenvalue weighted by Gasteiger charge is 2.31. The minimum atomic E-state index is 0.358. The van der Waals surface area contributed by atoms with E-state index in [1.54, 1.807) is 7.11 Å². The number of hydrogen-bond donors (Lipinski definition) is 1. The van der Waals surface area contributed by atoms with E-state index in [0.717, 1.165) is 23.3 Å². The molecular weight excluding hydrogens is 292 g/mol. The molecule has 1 heterocycles. The molecule has 0 aliphatic carbocycles. The molecule has 0 amide bonds. The zero-order valence-electron chi connectivity index (χ0n) is 11.0. The molecule has 1 saturated heterocycles. The molecule has 1 fully saturated rings. The molecule has 0 spiro atoms. The van der Waals surface area contributed by atoms with Gasteiger partial charge in [-0.25, -0.2) is 0 Å². The second kappa shape index (κ2) is 6.04. The summed E-state index contributed by atoms with van der Waals surface area (Å²) in [6.45, 7) is 1.85. The number of rotatable bonds is 3. The van der Waals surface area contributed by atoms with Crippen molar-refractivity contribution in [1.29, 1.82) is 0 Å². The average molecular weight is 313 g/mol. The van der Waals surface area contributed by atoms with E-state index in [-0.39, 0.29) is 0 Å². The summed E-state index contributed by atoms with van der Waals surface area (Å²) in [7, 11) is 3.90. The van der Waals surface area contributed by atoms with E-state index >= 15 is 0 Å². The maximum Gasteiger partial charge on any atom is 0.123 e. The zero-order valence-corrected chi connectivity index (χ0v) is 12.6. The molecule has 18 heavy (non-hydrogen) atoms. The van der Waals surface area contributed by atoms with Gasteiger partial charge in [-0.05, 0) is 57.1 Å². The molecule has 1 aromatic carbocycles. The summed E-state index contributed by atoms with van der Waals surface area (Å²) in [5, 5.41) is 0. The Labute approximate surface area is 117 Å². The maximum absolute atomic E-state index is 5.94.